The van der Waals surface area contributed by atoms with Crippen LogP contribution >= 0.6 is 22.9 Å². The fraction of sp³-hybridized carbons (Fsp3) is 0.300. The maximum Gasteiger partial charge on any atom is 0.171 e. The van der Waals surface area contributed by atoms with E-state index in [4.69, 9.17) is 11.6 Å². The van der Waals surface area contributed by atoms with Crippen LogP contribution in [0.2, 0.25) is 5.15 Å². The lowest BCUT2D eigenvalue weighted by molar-refractivity contribution is 0.864. The summed E-state index contributed by atoms with van der Waals surface area (Å²) in [7, 11) is 1.92. The van der Waals surface area contributed by atoms with Crippen LogP contribution in [0, 0.1) is 6.92 Å². The zero-order valence-corrected chi connectivity index (χ0v) is 10.6. The van der Waals surface area contributed by atoms with Gasteiger partial charge in [-0.15, -0.1) is 11.3 Å². The lowest BCUT2D eigenvalue weighted by Crippen LogP contribution is -2.18. The van der Waals surface area contributed by atoms with Crippen molar-refractivity contribution in [1.29, 1.82) is 0 Å². The van der Waals surface area contributed by atoms with Crippen molar-refractivity contribution in [2.24, 2.45) is 0 Å². The standard InChI is InChI=1S/C10H11ClN4S/c1-7-14-8(6-16-7)5-15(2)10-9(11)12-3-4-13-10/h3-4,6H,5H2,1-2H3. The zero-order valence-electron chi connectivity index (χ0n) is 9.01. The van der Waals surface area contributed by atoms with Crippen molar-refractivity contribution < 1.29 is 0 Å². The Morgan fingerprint density at radius 1 is 1.38 bits per heavy atom. The van der Waals surface area contributed by atoms with Gasteiger partial charge in [-0.3, -0.25) is 0 Å². The third kappa shape index (κ3) is 2.48. The van der Waals surface area contributed by atoms with Crippen molar-refractivity contribution in [3.63, 3.8) is 0 Å². The highest BCUT2D eigenvalue weighted by Gasteiger charge is 2.09. The molecule has 0 saturated carbocycles. The van der Waals surface area contributed by atoms with Crippen LogP contribution in [0.3, 0.4) is 0 Å². The van der Waals surface area contributed by atoms with Crippen LogP contribution < -0.4 is 4.90 Å². The molecule has 0 N–H and O–H groups in total. The Hall–Kier alpha value is -1.20. The SMILES string of the molecule is Cc1nc(CN(C)c2nccnc2Cl)cs1. The number of anilines is 1. The molecule has 0 unspecified atom stereocenters. The van der Waals surface area contributed by atoms with E-state index in [-0.39, 0.29) is 0 Å². The predicted octanol–water partition coefficient (Wildman–Crippen LogP) is 2.53. The molecule has 0 spiro atoms. The van der Waals surface area contributed by atoms with E-state index >= 15 is 0 Å². The van der Waals surface area contributed by atoms with E-state index in [1.807, 2.05) is 24.3 Å². The van der Waals surface area contributed by atoms with E-state index in [0.29, 0.717) is 17.5 Å². The maximum atomic E-state index is 5.96. The lowest BCUT2D eigenvalue weighted by atomic mass is 10.4. The normalized spacial score (nSPS) is 10.4. The van der Waals surface area contributed by atoms with Gasteiger partial charge >= 0.3 is 0 Å². The van der Waals surface area contributed by atoms with Gasteiger partial charge in [0, 0.05) is 24.8 Å². The van der Waals surface area contributed by atoms with Gasteiger partial charge in [-0.2, -0.15) is 0 Å². The molecule has 2 rings (SSSR count). The Balaban J connectivity index is 2.14. The molecule has 16 heavy (non-hydrogen) atoms. The first-order valence-electron chi connectivity index (χ1n) is 4.75. The van der Waals surface area contributed by atoms with E-state index in [1.165, 1.54) is 0 Å². The number of hydrogen-bond acceptors (Lipinski definition) is 5. The van der Waals surface area contributed by atoms with Gasteiger partial charge in [0.1, 0.15) is 0 Å². The van der Waals surface area contributed by atoms with Crippen LogP contribution in [-0.2, 0) is 6.54 Å². The van der Waals surface area contributed by atoms with Gasteiger partial charge in [-0.25, -0.2) is 15.0 Å². The van der Waals surface area contributed by atoms with Crippen molar-refractivity contribution in [2.45, 2.75) is 13.5 Å². The van der Waals surface area contributed by atoms with E-state index in [2.05, 4.69) is 15.0 Å². The molecule has 0 fully saturated rings. The van der Waals surface area contributed by atoms with E-state index < -0.39 is 0 Å². The van der Waals surface area contributed by atoms with Crippen LogP contribution in [0.5, 0.6) is 0 Å². The molecule has 0 radical (unpaired) electrons. The fourth-order valence-corrected chi connectivity index (χ4v) is 2.22. The average molecular weight is 255 g/mol. The van der Waals surface area contributed by atoms with Gasteiger partial charge < -0.3 is 4.90 Å². The monoisotopic (exact) mass is 254 g/mol. The highest BCUT2D eigenvalue weighted by Crippen LogP contribution is 2.20. The second-order valence-electron chi connectivity index (χ2n) is 3.38. The van der Waals surface area contributed by atoms with E-state index in [9.17, 15) is 0 Å². The van der Waals surface area contributed by atoms with Crippen LogP contribution in [-0.4, -0.2) is 22.0 Å². The minimum absolute atomic E-state index is 0.414. The summed E-state index contributed by atoms with van der Waals surface area (Å²) in [6.07, 6.45) is 3.21. The summed E-state index contributed by atoms with van der Waals surface area (Å²) < 4.78 is 0. The van der Waals surface area contributed by atoms with Gasteiger partial charge in [0.15, 0.2) is 11.0 Å². The van der Waals surface area contributed by atoms with Gasteiger partial charge in [-0.05, 0) is 6.92 Å². The molecule has 0 saturated heterocycles. The number of rotatable bonds is 3. The molecule has 6 heteroatoms. The molecule has 0 aliphatic heterocycles. The summed E-state index contributed by atoms with van der Waals surface area (Å²) in [5.74, 6) is 0.676. The first kappa shape index (κ1) is 11.3. The first-order chi connectivity index (χ1) is 7.66. The lowest BCUT2D eigenvalue weighted by Gasteiger charge is -2.16. The Morgan fingerprint density at radius 3 is 2.75 bits per heavy atom. The number of aryl methyl sites for hydroxylation is 1. The van der Waals surface area contributed by atoms with Crippen LogP contribution in [0.25, 0.3) is 0 Å². The van der Waals surface area contributed by atoms with Crippen molar-refractivity contribution in [3.05, 3.63) is 33.6 Å². The number of thiazole rings is 1. The van der Waals surface area contributed by atoms with Crippen molar-refractivity contribution in [3.8, 4) is 0 Å². The van der Waals surface area contributed by atoms with Gasteiger partial charge in [0.2, 0.25) is 0 Å². The van der Waals surface area contributed by atoms with E-state index in [1.54, 1.807) is 23.7 Å². The molecular formula is C10H11ClN4S. The number of aromatic nitrogens is 3. The minimum Gasteiger partial charge on any atom is -0.351 e. The quantitative estimate of drug-likeness (QED) is 0.844. The van der Waals surface area contributed by atoms with Crippen molar-refractivity contribution in [1.82, 2.24) is 15.0 Å². The molecule has 0 atom stereocenters. The summed E-state index contributed by atoms with van der Waals surface area (Å²) in [6.45, 7) is 2.67. The largest absolute Gasteiger partial charge is 0.351 e. The third-order valence-corrected chi connectivity index (χ3v) is 3.15. The Bertz CT molecular complexity index is 485. The third-order valence-electron chi connectivity index (χ3n) is 2.06. The highest BCUT2D eigenvalue weighted by atomic mass is 35.5. The molecule has 0 amide bonds. The number of hydrogen-bond donors (Lipinski definition) is 0. The summed E-state index contributed by atoms with van der Waals surface area (Å²) in [5.41, 5.74) is 1.02. The van der Waals surface area contributed by atoms with Gasteiger partial charge in [0.25, 0.3) is 0 Å². The number of nitrogens with zero attached hydrogens (tertiary/aromatic N) is 4. The predicted molar refractivity (Wildman–Crippen MR) is 66.0 cm³/mol. The average Bonchev–Trinajstić information content (AvgIpc) is 2.64. The molecule has 0 aromatic carbocycles. The Labute approximate surface area is 103 Å². The van der Waals surface area contributed by atoms with Crippen LogP contribution in [0.4, 0.5) is 5.82 Å². The molecule has 4 nitrogen and oxygen atoms in total. The number of halogens is 1. The molecule has 2 heterocycles. The molecule has 2 aromatic rings. The first-order valence-corrected chi connectivity index (χ1v) is 6.01. The zero-order chi connectivity index (χ0) is 11.5. The van der Waals surface area contributed by atoms with Crippen molar-refractivity contribution >= 4 is 28.8 Å². The Kier molecular flexibility index (Phi) is 3.36. The summed E-state index contributed by atoms with van der Waals surface area (Å²) in [5, 5.41) is 3.52. The summed E-state index contributed by atoms with van der Waals surface area (Å²) >= 11 is 7.60. The molecule has 0 aliphatic rings. The molecule has 84 valence electrons. The topological polar surface area (TPSA) is 41.9 Å². The molecule has 2 aromatic heterocycles. The highest BCUT2D eigenvalue weighted by molar-refractivity contribution is 7.09. The van der Waals surface area contributed by atoms with Crippen LogP contribution in [0.15, 0.2) is 17.8 Å². The summed E-state index contributed by atoms with van der Waals surface area (Å²) in [4.78, 5) is 14.5. The summed E-state index contributed by atoms with van der Waals surface area (Å²) in [6, 6.07) is 0. The molecule has 0 bridgehead atoms. The van der Waals surface area contributed by atoms with Gasteiger partial charge in [0.05, 0.1) is 17.2 Å². The Morgan fingerprint density at radius 2 is 2.12 bits per heavy atom. The second kappa shape index (κ2) is 4.76. The second-order valence-corrected chi connectivity index (χ2v) is 4.80. The maximum absolute atomic E-state index is 5.96. The van der Waals surface area contributed by atoms with E-state index in [0.717, 1.165) is 10.7 Å². The van der Waals surface area contributed by atoms with Gasteiger partial charge in [-0.1, -0.05) is 11.6 Å². The van der Waals surface area contributed by atoms with Crippen LogP contribution in [0.1, 0.15) is 10.7 Å². The smallest absolute Gasteiger partial charge is 0.171 e. The fourth-order valence-electron chi connectivity index (χ4n) is 1.37. The molecular weight excluding hydrogens is 244 g/mol. The molecule has 0 aliphatic carbocycles. The minimum atomic E-state index is 0.414. The van der Waals surface area contributed by atoms with Crippen molar-refractivity contribution in [2.75, 3.05) is 11.9 Å².